The fourth-order valence-corrected chi connectivity index (χ4v) is 2.88. The molecule has 2 nitrogen and oxygen atoms in total. The van der Waals surface area contributed by atoms with Gasteiger partial charge in [-0.1, -0.05) is 49.1 Å². The van der Waals surface area contributed by atoms with Crippen molar-refractivity contribution < 1.29 is 9.47 Å². The summed E-state index contributed by atoms with van der Waals surface area (Å²) in [5.41, 5.74) is 1.15. The Bertz CT molecular complexity index is 377. The van der Waals surface area contributed by atoms with Crippen LogP contribution in [0.2, 0.25) is 19.6 Å². The molecular formula is C16H28O2Si. The predicted molar refractivity (Wildman–Crippen MR) is 84.8 cm³/mol. The highest BCUT2D eigenvalue weighted by Crippen LogP contribution is 2.13. The molecule has 0 atom stereocenters. The van der Waals surface area contributed by atoms with Gasteiger partial charge in [-0.15, -0.1) is 0 Å². The molecule has 0 aromatic heterocycles. The summed E-state index contributed by atoms with van der Waals surface area (Å²) in [6, 6.07) is 8.89. The summed E-state index contributed by atoms with van der Waals surface area (Å²) in [6.07, 6.45) is 0.913. The van der Waals surface area contributed by atoms with Crippen LogP contribution in [0.1, 0.15) is 25.8 Å². The third-order valence-electron chi connectivity index (χ3n) is 3.49. The lowest BCUT2D eigenvalue weighted by Crippen LogP contribution is -2.37. The quantitative estimate of drug-likeness (QED) is 0.561. The van der Waals surface area contributed by atoms with Gasteiger partial charge in [0, 0.05) is 13.7 Å². The van der Waals surface area contributed by atoms with E-state index >= 15 is 0 Å². The lowest BCUT2D eigenvalue weighted by atomic mass is 10.1. The van der Waals surface area contributed by atoms with Gasteiger partial charge in [-0.05, 0) is 25.8 Å². The summed E-state index contributed by atoms with van der Waals surface area (Å²) in [7, 11) is 0.564. The van der Waals surface area contributed by atoms with Crippen molar-refractivity contribution in [3.05, 3.63) is 29.8 Å². The number of benzene rings is 1. The van der Waals surface area contributed by atoms with Crippen LogP contribution < -0.4 is 5.19 Å². The van der Waals surface area contributed by atoms with Crippen LogP contribution in [0, 0.1) is 0 Å². The van der Waals surface area contributed by atoms with Crippen LogP contribution in [0.15, 0.2) is 24.3 Å². The van der Waals surface area contributed by atoms with Crippen LogP contribution >= 0.6 is 0 Å². The van der Waals surface area contributed by atoms with E-state index in [0.717, 1.165) is 13.0 Å². The fourth-order valence-electron chi connectivity index (χ4n) is 1.71. The van der Waals surface area contributed by atoms with Crippen molar-refractivity contribution in [1.29, 1.82) is 0 Å². The molecule has 3 heteroatoms. The Hall–Kier alpha value is -0.643. The summed E-state index contributed by atoms with van der Waals surface area (Å²) in [4.78, 5) is 0. The van der Waals surface area contributed by atoms with E-state index in [1.165, 1.54) is 10.8 Å². The summed E-state index contributed by atoms with van der Waals surface area (Å²) in [5.74, 6) is 0. The van der Waals surface area contributed by atoms with Crippen LogP contribution in [-0.4, -0.2) is 27.4 Å². The van der Waals surface area contributed by atoms with Crippen molar-refractivity contribution in [3.8, 4) is 0 Å². The van der Waals surface area contributed by atoms with Gasteiger partial charge in [-0.2, -0.15) is 0 Å². The molecule has 0 aliphatic heterocycles. The zero-order valence-corrected chi connectivity index (χ0v) is 14.2. The molecule has 0 amide bonds. The molecule has 0 spiro atoms. The van der Waals surface area contributed by atoms with E-state index < -0.39 is 8.07 Å². The largest absolute Gasteiger partial charge is 0.379 e. The van der Waals surface area contributed by atoms with E-state index in [2.05, 4.69) is 57.8 Å². The number of ether oxygens (including phenoxy) is 2. The maximum atomic E-state index is 5.71. The molecule has 0 aliphatic rings. The Morgan fingerprint density at radius 1 is 1.05 bits per heavy atom. The fraction of sp³-hybridized carbons (Fsp3) is 0.625. The van der Waals surface area contributed by atoms with Crippen molar-refractivity contribution >= 4 is 13.3 Å². The molecule has 1 aromatic carbocycles. The highest BCUT2D eigenvalue weighted by Gasteiger charge is 2.16. The van der Waals surface area contributed by atoms with Crippen molar-refractivity contribution in [2.75, 3.05) is 13.7 Å². The molecule has 1 rings (SSSR count). The Morgan fingerprint density at radius 3 is 2.11 bits per heavy atom. The second-order valence-electron chi connectivity index (χ2n) is 6.71. The minimum atomic E-state index is -1.18. The van der Waals surface area contributed by atoms with Gasteiger partial charge in [0.1, 0.15) is 0 Å². The van der Waals surface area contributed by atoms with E-state index in [1.54, 1.807) is 7.11 Å². The molecule has 0 radical (unpaired) electrons. The topological polar surface area (TPSA) is 18.5 Å². The standard InChI is InChI=1S/C16H28O2Si/c1-16(2,17-3)11-12-18-13-14-7-9-15(10-8-14)19(4,5)6/h7-10H,11-13H2,1-6H3. The lowest BCUT2D eigenvalue weighted by Gasteiger charge is -2.22. The molecule has 108 valence electrons. The highest BCUT2D eigenvalue weighted by molar-refractivity contribution is 6.88. The maximum Gasteiger partial charge on any atom is 0.0775 e. The zero-order valence-electron chi connectivity index (χ0n) is 13.2. The Balaban J connectivity index is 2.39. The number of hydrogen-bond donors (Lipinski definition) is 0. The van der Waals surface area contributed by atoms with Gasteiger partial charge in [0.15, 0.2) is 0 Å². The number of hydrogen-bond acceptors (Lipinski definition) is 2. The minimum Gasteiger partial charge on any atom is -0.379 e. The molecule has 0 unspecified atom stereocenters. The lowest BCUT2D eigenvalue weighted by molar-refractivity contribution is -0.0124. The van der Waals surface area contributed by atoms with Crippen LogP contribution in [0.4, 0.5) is 0 Å². The summed E-state index contributed by atoms with van der Waals surface area (Å²) < 4.78 is 11.1. The smallest absolute Gasteiger partial charge is 0.0775 e. The van der Waals surface area contributed by atoms with E-state index in [9.17, 15) is 0 Å². The number of methoxy groups -OCH3 is 1. The van der Waals surface area contributed by atoms with Crippen molar-refractivity contribution in [2.45, 2.75) is 52.1 Å². The molecule has 0 bridgehead atoms. The summed E-state index contributed by atoms with van der Waals surface area (Å²) in [6.45, 7) is 12.7. The molecule has 0 N–H and O–H groups in total. The third-order valence-corrected chi connectivity index (χ3v) is 5.56. The van der Waals surface area contributed by atoms with Gasteiger partial charge in [0.2, 0.25) is 0 Å². The summed E-state index contributed by atoms with van der Waals surface area (Å²) >= 11 is 0. The van der Waals surface area contributed by atoms with Crippen LogP contribution in [0.3, 0.4) is 0 Å². The summed E-state index contributed by atoms with van der Waals surface area (Å²) in [5, 5.41) is 1.50. The molecule has 19 heavy (non-hydrogen) atoms. The van der Waals surface area contributed by atoms with Gasteiger partial charge in [0.05, 0.1) is 20.3 Å². The SMILES string of the molecule is COC(C)(C)CCOCc1ccc([Si](C)(C)C)cc1. The first kappa shape index (κ1) is 16.4. The average Bonchev–Trinajstić information content (AvgIpc) is 2.34. The first-order valence-electron chi connectivity index (χ1n) is 6.97. The first-order valence-corrected chi connectivity index (χ1v) is 10.5. The van der Waals surface area contributed by atoms with Crippen LogP contribution in [-0.2, 0) is 16.1 Å². The molecular weight excluding hydrogens is 252 g/mol. The van der Waals surface area contributed by atoms with E-state index in [-0.39, 0.29) is 5.60 Å². The first-order chi connectivity index (χ1) is 8.74. The Labute approximate surface area is 119 Å². The average molecular weight is 280 g/mol. The molecule has 0 heterocycles. The van der Waals surface area contributed by atoms with Gasteiger partial charge in [0.25, 0.3) is 0 Å². The van der Waals surface area contributed by atoms with Gasteiger partial charge in [-0.3, -0.25) is 0 Å². The van der Waals surface area contributed by atoms with Gasteiger partial charge in [-0.25, -0.2) is 0 Å². The highest BCUT2D eigenvalue weighted by atomic mass is 28.3. The Kier molecular flexibility index (Phi) is 5.77. The van der Waals surface area contributed by atoms with E-state index in [0.29, 0.717) is 6.61 Å². The second-order valence-corrected chi connectivity index (χ2v) is 11.8. The zero-order chi connectivity index (χ0) is 14.5. The van der Waals surface area contributed by atoms with Crippen LogP contribution in [0.25, 0.3) is 0 Å². The minimum absolute atomic E-state index is 0.0955. The Morgan fingerprint density at radius 2 is 1.63 bits per heavy atom. The normalized spacial score (nSPS) is 12.7. The van der Waals surface area contributed by atoms with Gasteiger partial charge >= 0.3 is 0 Å². The molecule has 0 saturated carbocycles. The van der Waals surface area contributed by atoms with Crippen molar-refractivity contribution in [1.82, 2.24) is 0 Å². The number of rotatable bonds is 7. The molecule has 0 aliphatic carbocycles. The second kappa shape index (κ2) is 6.68. The van der Waals surface area contributed by atoms with Gasteiger partial charge < -0.3 is 9.47 Å². The maximum absolute atomic E-state index is 5.71. The predicted octanol–water partition coefficient (Wildman–Crippen LogP) is 3.56. The van der Waals surface area contributed by atoms with E-state index in [4.69, 9.17) is 9.47 Å². The molecule has 0 fully saturated rings. The third kappa shape index (κ3) is 5.89. The molecule has 1 aromatic rings. The monoisotopic (exact) mass is 280 g/mol. The molecule has 0 saturated heterocycles. The van der Waals surface area contributed by atoms with Crippen LogP contribution in [0.5, 0.6) is 0 Å². The van der Waals surface area contributed by atoms with Crippen molar-refractivity contribution in [2.24, 2.45) is 0 Å². The van der Waals surface area contributed by atoms with E-state index in [1.807, 2.05) is 0 Å². The van der Waals surface area contributed by atoms with Crippen molar-refractivity contribution in [3.63, 3.8) is 0 Å².